The number of para-hydroxylation sites is 1. The van der Waals surface area contributed by atoms with E-state index in [9.17, 15) is 9.59 Å². The van der Waals surface area contributed by atoms with E-state index in [4.69, 9.17) is 0 Å². The van der Waals surface area contributed by atoms with Gasteiger partial charge in [0.2, 0.25) is 5.91 Å². The van der Waals surface area contributed by atoms with E-state index < -0.39 is 0 Å². The van der Waals surface area contributed by atoms with E-state index in [1.165, 1.54) is 10.7 Å². The van der Waals surface area contributed by atoms with Gasteiger partial charge in [-0.2, -0.15) is 5.10 Å². The molecule has 1 saturated heterocycles. The Morgan fingerprint density at radius 1 is 1.03 bits per heavy atom. The quantitative estimate of drug-likeness (QED) is 0.745. The summed E-state index contributed by atoms with van der Waals surface area (Å²) in [5, 5.41) is 7.46. The van der Waals surface area contributed by atoms with Crippen LogP contribution in [0.5, 0.6) is 0 Å². The van der Waals surface area contributed by atoms with Crippen LogP contribution in [-0.4, -0.2) is 28.8 Å². The topological polar surface area (TPSA) is 67.2 Å². The van der Waals surface area contributed by atoms with Crippen molar-refractivity contribution in [3.05, 3.63) is 77.1 Å². The molecule has 0 aliphatic carbocycles. The second-order valence-corrected chi connectivity index (χ2v) is 7.34. The van der Waals surface area contributed by atoms with Gasteiger partial charge in [-0.25, -0.2) is 4.68 Å². The van der Waals surface area contributed by atoms with Gasteiger partial charge in [-0.15, -0.1) is 0 Å². The van der Waals surface area contributed by atoms with Crippen molar-refractivity contribution in [2.75, 3.05) is 23.3 Å². The van der Waals surface area contributed by atoms with E-state index in [2.05, 4.69) is 15.3 Å². The number of nitrogens with zero attached hydrogens (tertiary/aromatic N) is 3. The Labute approximate surface area is 169 Å². The molecule has 1 N–H and O–H groups in total. The fourth-order valence-corrected chi connectivity index (χ4v) is 3.75. The first kappa shape index (κ1) is 18.9. The summed E-state index contributed by atoms with van der Waals surface area (Å²) in [4.78, 5) is 26.7. The molecular formula is C23H24N4O2. The van der Waals surface area contributed by atoms with E-state index in [0.29, 0.717) is 6.54 Å². The highest BCUT2D eigenvalue weighted by molar-refractivity contribution is 5.97. The minimum absolute atomic E-state index is 0.0166. The van der Waals surface area contributed by atoms with Gasteiger partial charge >= 0.3 is 0 Å². The van der Waals surface area contributed by atoms with Crippen LogP contribution in [0, 0.1) is 5.92 Å². The number of benzene rings is 2. The molecule has 0 radical (unpaired) electrons. The number of nitrogens with one attached hydrogen (secondary N) is 1. The van der Waals surface area contributed by atoms with Crippen molar-refractivity contribution in [2.45, 2.75) is 12.8 Å². The summed E-state index contributed by atoms with van der Waals surface area (Å²) in [6.45, 7) is 1.42. The van der Waals surface area contributed by atoms with Crippen LogP contribution in [0.1, 0.15) is 12.8 Å². The third-order valence-electron chi connectivity index (χ3n) is 5.33. The molecule has 0 spiro atoms. The van der Waals surface area contributed by atoms with Crippen molar-refractivity contribution in [1.82, 2.24) is 9.78 Å². The Morgan fingerprint density at radius 2 is 1.79 bits per heavy atom. The molecule has 0 bridgehead atoms. The monoisotopic (exact) mass is 388 g/mol. The number of hydrogen-bond acceptors (Lipinski definition) is 4. The normalized spacial score (nSPS) is 16.4. The van der Waals surface area contributed by atoms with E-state index in [1.807, 2.05) is 54.6 Å². The summed E-state index contributed by atoms with van der Waals surface area (Å²) in [6.07, 6.45) is 1.74. The maximum absolute atomic E-state index is 13.0. The van der Waals surface area contributed by atoms with Crippen molar-refractivity contribution < 1.29 is 4.79 Å². The number of hydrogen-bond donors (Lipinski definition) is 1. The Bertz CT molecular complexity index is 1060. The molecule has 29 heavy (non-hydrogen) atoms. The standard InChI is InChI=1S/C23H24N4O2/c1-26-22(28)14-13-21(25-26)27-15-7-10-18(16-27)23(29)24-20-12-6-5-11-19(20)17-8-3-2-4-9-17/h2-6,8-9,11-14,18H,7,10,15-16H2,1H3,(H,24,29). The van der Waals surface area contributed by atoms with E-state index in [1.54, 1.807) is 13.1 Å². The van der Waals surface area contributed by atoms with E-state index >= 15 is 0 Å². The minimum atomic E-state index is -0.141. The summed E-state index contributed by atoms with van der Waals surface area (Å²) < 4.78 is 1.33. The van der Waals surface area contributed by atoms with Crippen LogP contribution < -0.4 is 15.8 Å². The highest BCUT2D eigenvalue weighted by atomic mass is 16.2. The number of aryl methyl sites for hydroxylation is 1. The number of amides is 1. The summed E-state index contributed by atoms with van der Waals surface area (Å²) in [5.74, 6) is 0.615. The van der Waals surface area contributed by atoms with E-state index in [0.717, 1.165) is 42.0 Å². The van der Waals surface area contributed by atoms with Crippen LogP contribution in [0.2, 0.25) is 0 Å². The molecule has 6 nitrogen and oxygen atoms in total. The van der Waals surface area contributed by atoms with Gasteiger partial charge in [0.25, 0.3) is 5.56 Å². The molecule has 1 aliphatic heterocycles. The molecule has 1 atom stereocenters. The molecule has 148 valence electrons. The molecule has 1 unspecified atom stereocenters. The van der Waals surface area contributed by atoms with Crippen LogP contribution in [0.25, 0.3) is 11.1 Å². The van der Waals surface area contributed by atoms with Gasteiger partial charge in [0.05, 0.1) is 5.92 Å². The average molecular weight is 388 g/mol. The molecule has 1 aromatic heterocycles. The lowest BCUT2D eigenvalue weighted by molar-refractivity contribution is -0.120. The molecule has 1 aliphatic rings. The first-order chi connectivity index (χ1) is 14.1. The van der Waals surface area contributed by atoms with Gasteiger partial charge < -0.3 is 10.2 Å². The first-order valence-corrected chi connectivity index (χ1v) is 9.86. The lowest BCUT2D eigenvalue weighted by Crippen LogP contribution is -2.41. The predicted molar refractivity (Wildman–Crippen MR) is 115 cm³/mol. The second kappa shape index (κ2) is 8.31. The van der Waals surface area contributed by atoms with Gasteiger partial charge in [-0.05, 0) is 30.5 Å². The highest BCUT2D eigenvalue weighted by Crippen LogP contribution is 2.29. The van der Waals surface area contributed by atoms with Crippen molar-refractivity contribution in [3.63, 3.8) is 0 Å². The molecule has 2 aromatic carbocycles. The van der Waals surface area contributed by atoms with Crippen LogP contribution in [0.4, 0.5) is 11.5 Å². The van der Waals surface area contributed by atoms with Gasteiger partial charge in [-0.3, -0.25) is 9.59 Å². The van der Waals surface area contributed by atoms with Crippen LogP contribution in [0.15, 0.2) is 71.5 Å². The summed E-state index contributed by atoms with van der Waals surface area (Å²) in [5.41, 5.74) is 2.76. The molecule has 3 aromatic rings. The number of carbonyl (C=O) groups excluding carboxylic acids is 1. The van der Waals surface area contributed by atoms with Crippen LogP contribution in [0.3, 0.4) is 0 Å². The number of carbonyl (C=O) groups is 1. The largest absolute Gasteiger partial charge is 0.354 e. The van der Waals surface area contributed by atoms with Crippen molar-refractivity contribution in [1.29, 1.82) is 0 Å². The van der Waals surface area contributed by atoms with E-state index in [-0.39, 0.29) is 17.4 Å². The zero-order chi connectivity index (χ0) is 20.2. The van der Waals surface area contributed by atoms with Gasteiger partial charge in [-0.1, -0.05) is 48.5 Å². The highest BCUT2D eigenvalue weighted by Gasteiger charge is 2.27. The van der Waals surface area contributed by atoms with Gasteiger partial charge in [0.1, 0.15) is 5.82 Å². The Morgan fingerprint density at radius 3 is 2.59 bits per heavy atom. The smallest absolute Gasteiger partial charge is 0.266 e. The molecule has 0 saturated carbocycles. The number of anilines is 2. The van der Waals surface area contributed by atoms with Crippen LogP contribution in [-0.2, 0) is 11.8 Å². The fraction of sp³-hybridized carbons (Fsp3) is 0.261. The lowest BCUT2D eigenvalue weighted by Gasteiger charge is -2.33. The third-order valence-corrected chi connectivity index (χ3v) is 5.33. The number of rotatable bonds is 4. The van der Waals surface area contributed by atoms with Crippen LogP contribution >= 0.6 is 0 Å². The van der Waals surface area contributed by atoms with Crippen molar-refractivity contribution in [2.24, 2.45) is 13.0 Å². The maximum atomic E-state index is 13.0. The fourth-order valence-electron chi connectivity index (χ4n) is 3.75. The number of aromatic nitrogens is 2. The van der Waals surface area contributed by atoms with Crippen molar-refractivity contribution >= 4 is 17.4 Å². The molecular weight excluding hydrogens is 364 g/mol. The Hall–Kier alpha value is -3.41. The number of piperidine rings is 1. The third kappa shape index (κ3) is 4.21. The maximum Gasteiger partial charge on any atom is 0.266 e. The molecule has 2 heterocycles. The molecule has 4 rings (SSSR count). The zero-order valence-electron chi connectivity index (χ0n) is 16.4. The summed E-state index contributed by atoms with van der Waals surface area (Å²) in [7, 11) is 1.64. The second-order valence-electron chi connectivity index (χ2n) is 7.34. The predicted octanol–water partition coefficient (Wildman–Crippen LogP) is 3.30. The van der Waals surface area contributed by atoms with Gasteiger partial charge in [0.15, 0.2) is 0 Å². The summed E-state index contributed by atoms with van der Waals surface area (Å²) >= 11 is 0. The first-order valence-electron chi connectivity index (χ1n) is 9.86. The Kier molecular flexibility index (Phi) is 5.42. The average Bonchev–Trinajstić information content (AvgIpc) is 2.77. The molecule has 1 amide bonds. The Balaban J connectivity index is 1.50. The SMILES string of the molecule is Cn1nc(N2CCCC(C(=O)Nc3ccccc3-c3ccccc3)C2)ccc1=O. The molecule has 1 fully saturated rings. The molecule has 6 heteroatoms. The van der Waals surface area contributed by atoms with Crippen molar-refractivity contribution in [3.8, 4) is 11.1 Å². The minimum Gasteiger partial charge on any atom is -0.354 e. The zero-order valence-corrected chi connectivity index (χ0v) is 16.4. The van der Waals surface area contributed by atoms with Gasteiger partial charge in [0, 0.05) is 37.5 Å². The summed E-state index contributed by atoms with van der Waals surface area (Å²) in [6, 6.07) is 21.2. The lowest BCUT2D eigenvalue weighted by atomic mass is 9.96.